The second-order valence-corrected chi connectivity index (χ2v) is 1.85. The summed E-state index contributed by atoms with van der Waals surface area (Å²) in [5.41, 5.74) is 0. The SMILES string of the molecule is O=C([C-](F)F)C(F)C(=O)C(F)(F)F.[Zr]. The van der Waals surface area contributed by atoms with Crippen molar-refractivity contribution >= 4 is 11.6 Å². The predicted octanol–water partition coefficient (Wildman–Crippen LogP) is 1.45. The number of carbonyl (C=O) groups excluding carboxylic acids is 2. The molecule has 0 amide bonds. The van der Waals surface area contributed by atoms with Gasteiger partial charge in [-0.25, -0.2) is 4.39 Å². The van der Waals surface area contributed by atoms with Gasteiger partial charge in [-0.05, 0) is 0 Å². The average Bonchev–Trinajstić information content (AvgIpc) is 1.98. The molecule has 0 rings (SSSR count). The van der Waals surface area contributed by atoms with Crippen molar-refractivity contribution < 1.29 is 62.1 Å². The summed E-state index contributed by atoms with van der Waals surface area (Å²) in [6, 6.07) is 0. The molecule has 0 aromatic heterocycles. The zero-order valence-electron chi connectivity index (χ0n) is 6.16. The molecule has 0 saturated heterocycles. The Hall–Kier alpha value is -0.327. The van der Waals surface area contributed by atoms with Gasteiger partial charge in [0.2, 0.25) is 6.17 Å². The monoisotopic (exact) mass is 297 g/mol. The first-order valence-electron chi connectivity index (χ1n) is 2.65. The van der Waals surface area contributed by atoms with Crippen LogP contribution >= 0.6 is 0 Å². The molecular weight excluding hydrogens is 297 g/mol. The molecule has 9 heteroatoms. The largest absolute Gasteiger partial charge is 0.453 e. The fourth-order valence-electron chi connectivity index (χ4n) is 0.359. The standard InChI is InChI=1S/C5HF6O2.Zr/c6-1(2(12)4(7)8)3(13)5(9,10)11;/h1H;/q-1;. The molecule has 0 bridgehead atoms. The van der Waals surface area contributed by atoms with E-state index in [0.29, 0.717) is 0 Å². The summed E-state index contributed by atoms with van der Waals surface area (Å²) in [6.07, 6.45) is -12.7. The summed E-state index contributed by atoms with van der Waals surface area (Å²) in [4.78, 5) is 19.7. The molecule has 0 heterocycles. The van der Waals surface area contributed by atoms with E-state index in [9.17, 15) is 35.9 Å². The predicted molar refractivity (Wildman–Crippen MR) is 26.4 cm³/mol. The maximum Gasteiger partial charge on any atom is 0.453 e. The minimum Gasteiger partial charge on any atom is -0.392 e. The van der Waals surface area contributed by atoms with Gasteiger partial charge < -0.3 is 13.6 Å². The molecular formula is C5HF6O2Zr-. The normalized spacial score (nSPS) is 12.7. The molecule has 2 nitrogen and oxygen atoms in total. The van der Waals surface area contributed by atoms with Crippen LogP contribution in [0.4, 0.5) is 26.3 Å². The second-order valence-electron chi connectivity index (χ2n) is 1.85. The van der Waals surface area contributed by atoms with Gasteiger partial charge in [0.15, 0.2) is 0 Å². The van der Waals surface area contributed by atoms with Crippen molar-refractivity contribution in [3.8, 4) is 0 Å². The molecule has 80 valence electrons. The van der Waals surface area contributed by atoms with Crippen LogP contribution in [-0.4, -0.2) is 23.9 Å². The number of hydrogen-bond acceptors (Lipinski definition) is 2. The molecule has 0 aliphatic carbocycles. The van der Waals surface area contributed by atoms with Crippen molar-refractivity contribution in [2.24, 2.45) is 0 Å². The van der Waals surface area contributed by atoms with E-state index < -0.39 is 30.3 Å². The van der Waals surface area contributed by atoms with E-state index in [1.807, 2.05) is 0 Å². The molecule has 0 saturated carbocycles. The van der Waals surface area contributed by atoms with Gasteiger partial charge in [0.25, 0.3) is 5.78 Å². The van der Waals surface area contributed by atoms with E-state index >= 15 is 0 Å². The van der Waals surface area contributed by atoms with Gasteiger partial charge in [0.1, 0.15) is 5.78 Å². The third-order valence-corrected chi connectivity index (χ3v) is 0.926. The molecule has 0 aromatic carbocycles. The molecule has 0 radical (unpaired) electrons. The first-order valence-corrected chi connectivity index (χ1v) is 2.65. The number of carbonyl (C=O) groups is 2. The molecule has 0 aliphatic heterocycles. The van der Waals surface area contributed by atoms with Crippen LogP contribution in [0.15, 0.2) is 0 Å². The number of hydrogen-bond donors (Lipinski definition) is 0. The Labute approximate surface area is 92.8 Å². The van der Waals surface area contributed by atoms with Gasteiger partial charge in [-0.3, -0.25) is 4.79 Å². The minimum atomic E-state index is -5.63. The van der Waals surface area contributed by atoms with E-state index in [0.717, 1.165) is 0 Å². The van der Waals surface area contributed by atoms with Crippen LogP contribution in [0.1, 0.15) is 0 Å². The van der Waals surface area contributed by atoms with Crippen molar-refractivity contribution in [3.63, 3.8) is 0 Å². The number of halogens is 6. The number of rotatable bonds is 3. The first-order chi connectivity index (χ1) is 5.68. The summed E-state index contributed by atoms with van der Waals surface area (Å²) < 4.78 is 68.5. The summed E-state index contributed by atoms with van der Waals surface area (Å²) in [5, 5.41) is 0. The van der Waals surface area contributed by atoms with E-state index in [2.05, 4.69) is 0 Å². The van der Waals surface area contributed by atoms with E-state index in [-0.39, 0.29) is 26.2 Å². The number of ketones is 2. The third-order valence-electron chi connectivity index (χ3n) is 0.926. The summed E-state index contributed by atoms with van der Waals surface area (Å²) in [7, 11) is 0. The maximum atomic E-state index is 12.0. The number of alkyl halides is 4. The van der Waals surface area contributed by atoms with Crippen LogP contribution in [-0.2, 0) is 35.8 Å². The molecule has 0 aliphatic rings. The Bertz CT molecular complexity index is 225. The zero-order chi connectivity index (χ0) is 10.8. The van der Waals surface area contributed by atoms with Gasteiger partial charge in [-0.2, -0.15) is 13.2 Å². The molecule has 1 atom stereocenters. The van der Waals surface area contributed by atoms with Gasteiger partial charge in [-0.15, -0.1) is 0 Å². The van der Waals surface area contributed by atoms with Crippen LogP contribution in [0.2, 0.25) is 0 Å². The van der Waals surface area contributed by atoms with E-state index in [1.54, 1.807) is 0 Å². The molecule has 0 N–H and O–H groups in total. The third kappa shape index (κ3) is 4.26. The summed E-state index contributed by atoms with van der Waals surface area (Å²) >= 11 is 0. The molecule has 0 spiro atoms. The Morgan fingerprint density at radius 2 is 1.50 bits per heavy atom. The fraction of sp³-hybridized carbons (Fsp3) is 0.400. The number of Topliss-reactive ketones (excluding diaryl/α,β-unsaturated/α-hetero) is 2. The zero-order valence-corrected chi connectivity index (χ0v) is 8.62. The second kappa shape index (κ2) is 5.53. The van der Waals surface area contributed by atoms with Crippen LogP contribution in [0.25, 0.3) is 0 Å². The molecule has 0 fully saturated rings. The minimum absolute atomic E-state index is 0. The van der Waals surface area contributed by atoms with Gasteiger partial charge in [0.05, 0.1) is 0 Å². The molecule has 14 heavy (non-hydrogen) atoms. The molecule has 1 unspecified atom stereocenters. The van der Waals surface area contributed by atoms with Crippen molar-refractivity contribution in [1.82, 2.24) is 0 Å². The van der Waals surface area contributed by atoms with Crippen LogP contribution in [0.5, 0.6) is 0 Å². The molecule has 0 aromatic rings. The van der Waals surface area contributed by atoms with Crippen LogP contribution in [0.3, 0.4) is 0 Å². The quantitative estimate of drug-likeness (QED) is 0.449. The van der Waals surface area contributed by atoms with Crippen LogP contribution < -0.4 is 0 Å². The van der Waals surface area contributed by atoms with Gasteiger partial charge in [0, 0.05) is 32.6 Å². The van der Waals surface area contributed by atoms with Crippen molar-refractivity contribution in [3.05, 3.63) is 6.43 Å². The Morgan fingerprint density at radius 3 is 1.71 bits per heavy atom. The first kappa shape index (κ1) is 16.1. The van der Waals surface area contributed by atoms with Crippen LogP contribution in [0, 0.1) is 6.43 Å². The Balaban J connectivity index is 0. The maximum absolute atomic E-state index is 12.0. The topological polar surface area (TPSA) is 34.1 Å². The fourth-order valence-corrected chi connectivity index (χ4v) is 0.359. The van der Waals surface area contributed by atoms with E-state index in [4.69, 9.17) is 0 Å². The summed E-state index contributed by atoms with van der Waals surface area (Å²) in [6.45, 7) is 0. The van der Waals surface area contributed by atoms with E-state index in [1.165, 1.54) is 0 Å². The Kier molecular flexibility index (Phi) is 6.36. The van der Waals surface area contributed by atoms with Gasteiger partial charge >= 0.3 is 6.18 Å². The van der Waals surface area contributed by atoms with Crippen molar-refractivity contribution in [2.45, 2.75) is 12.3 Å². The smallest absolute Gasteiger partial charge is 0.392 e. The summed E-state index contributed by atoms with van der Waals surface area (Å²) in [5.74, 6) is -5.90. The van der Waals surface area contributed by atoms with Gasteiger partial charge in [-0.1, -0.05) is 0 Å². The van der Waals surface area contributed by atoms with Crippen molar-refractivity contribution in [1.29, 1.82) is 0 Å². The Morgan fingerprint density at radius 1 is 1.14 bits per heavy atom. The van der Waals surface area contributed by atoms with Crippen molar-refractivity contribution in [2.75, 3.05) is 0 Å². The average molecular weight is 298 g/mol.